The highest BCUT2D eigenvalue weighted by atomic mass is 16.6. The van der Waals surface area contributed by atoms with E-state index in [4.69, 9.17) is 9.47 Å². The molecule has 3 heteroatoms. The molecule has 1 aromatic rings. The van der Waals surface area contributed by atoms with Crippen LogP contribution in [-0.4, -0.2) is 19.7 Å². The first-order valence-corrected chi connectivity index (χ1v) is 11.7. The lowest BCUT2D eigenvalue weighted by molar-refractivity contribution is -0.144. The van der Waals surface area contributed by atoms with Crippen LogP contribution in [0.4, 0.5) is 0 Å². The Hall–Kier alpha value is -1.77. The number of allylic oxidation sites excluding steroid dienone is 1. The number of hydrogen-bond donors (Lipinski definition) is 0. The first kappa shape index (κ1) is 25.3. The molecular weight excluding hydrogens is 360 g/mol. The van der Waals surface area contributed by atoms with Crippen molar-refractivity contribution in [3.8, 4) is 0 Å². The van der Waals surface area contributed by atoms with Crippen molar-refractivity contribution in [2.45, 2.75) is 91.4 Å². The van der Waals surface area contributed by atoms with E-state index < -0.39 is 0 Å². The van der Waals surface area contributed by atoms with Crippen molar-refractivity contribution in [1.29, 1.82) is 0 Å². The second-order valence-electron chi connectivity index (χ2n) is 7.91. The van der Waals surface area contributed by atoms with Gasteiger partial charge in [-0.1, -0.05) is 102 Å². The number of carbonyl (C=O) groups excluding carboxylic acids is 1. The summed E-state index contributed by atoms with van der Waals surface area (Å²) >= 11 is 0. The number of methoxy groups -OCH3 is 1. The zero-order valence-corrected chi connectivity index (χ0v) is 19.2. The summed E-state index contributed by atoms with van der Waals surface area (Å²) in [5.74, 6) is 0.470. The normalized spacial score (nSPS) is 13.0. The SMILES string of the molecule is CCCCCCCCC(=C(OC)C(=O)OCC(CC)CCCC)c1ccccc1. The fourth-order valence-electron chi connectivity index (χ4n) is 3.60. The van der Waals surface area contributed by atoms with Crippen molar-refractivity contribution in [3.05, 3.63) is 41.7 Å². The fourth-order valence-corrected chi connectivity index (χ4v) is 3.60. The van der Waals surface area contributed by atoms with Crippen LogP contribution in [-0.2, 0) is 14.3 Å². The summed E-state index contributed by atoms with van der Waals surface area (Å²) in [7, 11) is 1.58. The maximum atomic E-state index is 12.9. The predicted octanol–water partition coefficient (Wildman–Crippen LogP) is 7.55. The minimum absolute atomic E-state index is 0.327. The van der Waals surface area contributed by atoms with E-state index in [1.165, 1.54) is 44.9 Å². The summed E-state index contributed by atoms with van der Waals surface area (Å²) in [5, 5.41) is 0. The number of hydrogen-bond acceptors (Lipinski definition) is 3. The molecule has 0 aliphatic heterocycles. The fraction of sp³-hybridized carbons (Fsp3) is 0.654. The van der Waals surface area contributed by atoms with Crippen LogP contribution in [0.25, 0.3) is 5.57 Å². The van der Waals surface area contributed by atoms with Gasteiger partial charge in [0.15, 0.2) is 0 Å². The van der Waals surface area contributed by atoms with Crippen molar-refractivity contribution < 1.29 is 14.3 Å². The predicted molar refractivity (Wildman–Crippen MR) is 123 cm³/mol. The molecule has 29 heavy (non-hydrogen) atoms. The van der Waals surface area contributed by atoms with Crippen LogP contribution < -0.4 is 0 Å². The van der Waals surface area contributed by atoms with Crippen molar-refractivity contribution in [2.75, 3.05) is 13.7 Å². The second-order valence-corrected chi connectivity index (χ2v) is 7.91. The standard InChI is InChI=1S/C26H42O3/c1-5-8-10-11-12-16-20-24(23-18-14-13-15-19-23)25(28-4)26(27)29-21-22(7-3)17-9-6-2/h13-15,18-19,22H,5-12,16-17,20-21H2,1-4H3. The molecule has 1 unspecified atom stereocenters. The average molecular weight is 403 g/mol. The van der Waals surface area contributed by atoms with Gasteiger partial charge in [0.25, 0.3) is 0 Å². The summed E-state index contributed by atoms with van der Waals surface area (Å²) in [6.45, 7) is 7.06. The molecule has 0 radical (unpaired) electrons. The van der Waals surface area contributed by atoms with Crippen molar-refractivity contribution in [3.63, 3.8) is 0 Å². The molecule has 0 fully saturated rings. The Morgan fingerprint density at radius 2 is 1.55 bits per heavy atom. The largest absolute Gasteiger partial charge is 0.490 e. The molecule has 0 aliphatic carbocycles. The van der Waals surface area contributed by atoms with Gasteiger partial charge < -0.3 is 9.47 Å². The van der Waals surface area contributed by atoms with Crippen LogP contribution in [0.15, 0.2) is 36.1 Å². The molecule has 3 nitrogen and oxygen atoms in total. The van der Waals surface area contributed by atoms with Crippen LogP contribution >= 0.6 is 0 Å². The monoisotopic (exact) mass is 402 g/mol. The molecule has 1 rings (SSSR count). The van der Waals surface area contributed by atoms with E-state index in [1.807, 2.05) is 18.2 Å². The average Bonchev–Trinajstić information content (AvgIpc) is 2.76. The highest BCUT2D eigenvalue weighted by Crippen LogP contribution is 2.27. The summed E-state index contributed by atoms with van der Waals surface area (Å²) in [6.07, 6.45) is 12.6. The van der Waals surface area contributed by atoms with Crippen LogP contribution in [0.1, 0.15) is 97.0 Å². The number of benzene rings is 1. The van der Waals surface area contributed by atoms with Gasteiger partial charge in [-0.15, -0.1) is 0 Å². The zero-order valence-electron chi connectivity index (χ0n) is 19.2. The van der Waals surface area contributed by atoms with E-state index in [2.05, 4.69) is 32.9 Å². The third-order valence-corrected chi connectivity index (χ3v) is 5.56. The third kappa shape index (κ3) is 10.0. The van der Waals surface area contributed by atoms with Crippen LogP contribution in [0.3, 0.4) is 0 Å². The number of unbranched alkanes of at least 4 members (excludes halogenated alkanes) is 6. The van der Waals surface area contributed by atoms with Gasteiger partial charge >= 0.3 is 5.97 Å². The molecule has 0 heterocycles. The van der Waals surface area contributed by atoms with Gasteiger partial charge in [-0.2, -0.15) is 0 Å². The van der Waals surface area contributed by atoms with E-state index in [1.54, 1.807) is 7.11 Å². The number of esters is 1. The van der Waals surface area contributed by atoms with Gasteiger partial charge in [-0.25, -0.2) is 4.79 Å². The summed E-state index contributed by atoms with van der Waals surface area (Å²) < 4.78 is 11.3. The Kier molecular flexibility index (Phi) is 14.0. The van der Waals surface area contributed by atoms with Gasteiger partial charge in [-0.3, -0.25) is 0 Å². The smallest absolute Gasteiger partial charge is 0.373 e. The maximum absolute atomic E-state index is 12.9. The topological polar surface area (TPSA) is 35.5 Å². The third-order valence-electron chi connectivity index (χ3n) is 5.56. The number of ether oxygens (including phenoxy) is 2. The molecule has 164 valence electrons. The second kappa shape index (κ2) is 16.1. The van der Waals surface area contributed by atoms with Gasteiger partial charge in [0.1, 0.15) is 0 Å². The van der Waals surface area contributed by atoms with Crippen LogP contribution in [0.2, 0.25) is 0 Å². The van der Waals surface area contributed by atoms with Crippen molar-refractivity contribution in [2.24, 2.45) is 5.92 Å². The van der Waals surface area contributed by atoms with Crippen molar-refractivity contribution >= 4 is 11.5 Å². The molecule has 1 atom stereocenters. The lowest BCUT2D eigenvalue weighted by Gasteiger charge is -2.17. The van der Waals surface area contributed by atoms with Gasteiger partial charge in [0.2, 0.25) is 5.76 Å². The highest BCUT2D eigenvalue weighted by Gasteiger charge is 2.20. The molecule has 0 saturated carbocycles. The molecule has 0 amide bonds. The lowest BCUT2D eigenvalue weighted by Crippen LogP contribution is -2.17. The molecule has 0 N–H and O–H groups in total. The van der Waals surface area contributed by atoms with Gasteiger partial charge in [0, 0.05) is 5.57 Å². The Morgan fingerprint density at radius 1 is 0.897 bits per heavy atom. The molecule has 0 aromatic heterocycles. The Bertz CT molecular complexity index is 577. The lowest BCUT2D eigenvalue weighted by atomic mass is 9.97. The molecule has 0 bridgehead atoms. The minimum Gasteiger partial charge on any atom is -0.490 e. The molecule has 1 aromatic carbocycles. The highest BCUT2D eigenvalue weighted by molar-refractivity contribution is 5.95. The Labute approximate surface area is 178 Å². The first-order chi connectivity index (χ1) is 14.2. The Morgan fingerprint density at radius 3 is 2.17 bits per heavy atom. The van der Waals surface area contributed by atoms with E-state index >= 15 is 0 Å². The number of rotatable bonds is 16. The maximum Gasteiger partial charge on any atom is 0.373 e. The summed E-state index contributed by atoms with van der Waals surface area (Å²) in [6, 6.07) is 10.1. The molecule has 0 aliphatic rings. The van der Waals surface area contributed by atoms with E-state index in [9.17, 15) is 4.79 Å². The quantitative estimate of drug-likeness (QED) is 0.124. The van der Waals surface area contributed by atoms with E-state index in [0.717, 1.165) is 36.8 Å². The molecule has 0 saturated heterocycles. The number of carbonyl (C=O) groups is 1. The molecule has 0 spiro atoms. The summed E-state index contributed by atoms with van der Waals surface area (Å²) in [4.78, 5) is 12.9. The minimum atomic E-state index is -0.327. The first-order valence-electron chi connectivity index (χ1n) is 11.7. The van der Waals surface area contributed by atoms with Crippen LogP contribution in [0.5, 0.6) is 0 Å². The van der Waals surface area contributed by atoms with Gasteiger partial charge in [0.05, 0.1) is 13.7 Å². The van der Waals surface area contributed by atoms with Crippen LogP contribution in [0, 0.1) is 5.92 Å². The molecular formula is C26H42O3. The summed E-state index contributed by atoms with van der Waals surface area (Å²) in [5.41, 5.74) is 2.02. The van der Waals surface area contributed by atoms with Crippen molar-refractivity contribution in [1.82, 2.24) is 0 Å². The van der Waals surface area contributed by atoms with E-state index in [-0.39, 0.29) is 5.97 Å². The van der Waals surface area contributed by atoms with E-state index in [0.29, 0.717) is 18.3 Å². The zero-order chi connectivity index (χ0) is 21.3. The Balaban J connectivity index is 2.84. The van der Waals surface area contributed by atoms with Gasteiger partial charge in [-0.05, 0) is 30.7 Å².